The smallest absolute Gasteiger partial charge is 0.165 e. The van der Waals surface area contributed by atoms with Crippen LogP contribution in [-0.4, -0.2) is 48.4 Å². The number of methoxy groups -OCH3 is 1. The Balaban J connectivity index is 1.50. The summed E-state index contributed by atoms with van der Waals surface area (Å²) in [6.07, 6.45) is 12.0. The van der Waals surface area contributed by atoms with Crippen LogP contribution in [0.3, 0.4) is 0 Å². The van der Waals surface area contributed by atoms with Gasteiger partial charge in [-0.2, -0.15) is 0 Å². The summed E-state index contributed by atoms with van der Waals surface area (Å²) >= 11 is 0. The fraction of sp³-hybridized carbons (Fsp3) is 0.375. The SMILES string of the molecule is COc1ccc(C2=CC(=C3CCC3)N3C=C(N4CCN[C@@H](C)C4)C=CC3=N2)cc1F. The zero-order valence-electron chi connectivity index (χ0n) is 17.5. The summed E-state index contributed by atoms with van der Waals surface area (Å²) in [5.74, 6) is 0.757. The van der Waals surface area contributed by atoms with Crippen LogP contribution in [-0.2, 0) is 0 Å². The number of ether oxygens (including phenoxy) is 1. The van der Waals surface area contributed by atoms with Gasteiger partial charge in [0.05, 0.1) is 18.5 Å². The van der Waals surface area contributed by atoms with E-state index in [1.165, 1.54) is 36.6 Å². The molecule has 0 spiro atoms. The van der Waals surface area contributed by atoms with Crippen LogP contribution in [0.15, 0.2) is 64.6 Å². The molecule has 5 nitrogen and oxygen atoms in total. The second-order valence-corrected chi connectivity index (χ2v) is 8.25. The largest absolute Gasteiger partial charge is 0.494 e. The molecule has 0 aromatic heterocycles. The molecule has 0 bridgehead atoms. The van der Waals surface area contributed by atoms with E-state index >= 15 is 0 Å². The molecule has 3 aliphatic heterocycles. The number of amidine groups is 1. The summed E-state index contributed by atoms with van der Waals surface area (Å²) in [5, 5.41) is 3.50. The Hall–Kier alpha value is -2.86. The van der Waals surface area contributed by atoms with Crippen molar-refractivity contribution in [3.8, 4) is 5.75 Å². The van der Waals surface area contributed by atoms with E-state index < -0.39 is 0 Å². The topological polar surface area (TPSA) is 40.1 Å². The van der Waals surface area contributed by atoms with E-state index in [9.17, 15) is 4.39 Å². The normalized spacial score (nSPS) is 23.4. The minimum Gasteiger partial charge on any atom is -0.494 e. The molecule has 2 fully saturated rings. The van der Waals surface area contributed by atoms with Crippen molar-refractivity contribution in [1.82, 2.24) is 15.1 Å². The molecule has 0 radical (unpaired) electrons. The van der Waals surface area contributed by atoms with E-state index in [2.05, 4.69) is 46.5 Å². The fourth-order valence-corrected chi connectivity index (χ4v) is 4.33. The van der Waals surface area contributed by atoms with E-state index in [1.54, 1.807) is 6.07 Å². The molecule has 1 N–H and O–H groups in total. The molecule has 1 aromatic carbocycles. The van der Waals surface area contributed by atoms with Gasteiger partial charge in [0.2, 0.25) is 0 Å². The number of nitrogens with one attached hydrogen (secondary N) is 1. The van der Waals surface area contributed by atoms with Gasteiger partial charge in [-0.25, -0.2) is 9.38 Å². The summed E-state index contributed by atoms with van der Waals surface area (Å²) in [6.45, 7) is 5.21. The van der Waals surface area contributed by atoms with Crippen molar-refractivity contribution in [3.05, 3.63) is 71.0 Å². The number of hydrogen-bond acceptors (Lipinski definition) is 5. The summed E-state index contributed by atoms with van der Waals surface area (Å²) in [4.78, 5) is 9.49. The number of hydrogen-bond donors (Lipinski definition) is 1. The van der Waals surface area contributed by atoms with E-state index in [-0.39, 0.29) is 11.6 Å². The number of benzene rings is 1. The van der Waals surface area contributed by atoms with Gasteiger partial charge in [0.25, 0.3) is 0 Å². The molecule has 1 saturated carbocycles. The highest BCUT2D eigenvalue weighted by Crippen LogP contribution is 2.37. The third-order valence-electron chi connectivity index (χ3n) is 6.18. The van der Waals surface area contributed by atoms with Gasteiger partial charge in [0.1, 0.15) is 5.84 Å². The van der Waals surface area contributed by atoms with E-state index in [4.69, 9.17) is 9.73 Å². The molecule has 0 unspecified atom stereocenters. The molecule has 0 amide bonds. The number of piperazine rings is 1. The predicted octanol–water partition coefficient (Wildman–Crippen LogP) is 4.03. The first-order valence-electron chi connectivity index (χ1n) is 10.7. The van der Waals surface area contributed by atoms with Crippen LogP contribution < -0.4 is 10.1 Å². The maximum absolute atomic E-state index is 14.3. The number of halogens is 1. The Morgan fingerprint density at radius 2 is 2.10 bits per heavy atom. The van der Waals surface area contributed by atoms with Crippen LogP contribution in [0.4, 0.5) is 4.39 Å². The summed E-state index contributed by atoms with van der Waals surface area (Å²) in [6, 6.07) is 5.51. The molecule has 5 rings (SSSR count). The predicted molar refractivity (Wildman–Crippen MR) is 117 cm³/mol. The Kier molecular flexibility index (Phi) is 4.95. The van der Waals surface area contributed by atoms with Crippen molar-refractivity contribution in [2.24, 2.45) is 4.99 Å². The van der Waals surface area contributed by atoms with Crippen molar-refractivity contribution < 1.29 is 9.13 Å². The maximum Gasteiger partial charge on any atom is 0.165 e. The Morgan fingerprint density at radius 3 is 2.80 bits per heavy atom. The monoisotopic (exact) mass is 406 g/mol. The van der Waals surface area contributed by atoms with Crippen molar-refractivity contribution in [2.45, 2.75) is 32.2 Å². The van der Waals surface area contributed by atoms with Crippen LogP contribution >= 0.6 is 0 Å². The Labute approximate surface area is 176 Å². The quantitative estimate of drug-likeness (QED) is 0.823. The standard InChI is InChI=1S/C24H27FN4O/c1-16-14-28(11-10-26-16)19-7-9-24-27-21(18-6-8-23(30-2)20(25)12-18)13-22(29(24)15-19)17-4-3-5-17/h6-9,12-13,15-16,26H,3-5,10-11,14H2,1-2H3/t16-/m0/s1. The minimum absolute atomic E-state index is 0.248. The van der Waals surface area contributed by atoms with Crippen LogP contribution in [0.1, 0.15) is 31.7 Å². The lowest BCUT2D eigenvalue weighted by molar-refractivity contribution is 0.259. The maximum atomic E-state index is 14.3. The van der Waals surface area contributed by atoms with Crippen LogP contribution in [0.25, 0.3) is 5.70 Å². The third-order valence-corrected chi connectivity index (χ3v) is 6.18. The van der Waals surface area contributed by atoms with Gasteiger partial charge in [-0.15, -0.1) is 0 Å². The highest BCUT2D eigenvalue weighted by molar-refractivity contribution is 6.02. The average molecular weight is 407 g/mol. The Bertz CT molecular complexity index is 1010. The number of fused-ring (bicyclic) bond motifs is 1. The van der Waals surface area contributed by atoms with Gasteiger partial charge in [0, 0.05) is 43.1 Å². The molecular weight excluding hydrogens is 379 g/mol. The fourth-order valence-electron chi connectivity index (χ4n) is 4.33. The minimum atomic E-state index is -0.370. The lowest BCUT2D eigenvalue weighted by Gasteiger charge is -2.38. The molecule has 1 aliphatic carbocycles. The van der Waals surface area contributed by atoms with Crippen LogP contribution in [0.2, 0.25) is 0 Å². The first kappa shape index (κ1) is 19.1. The summed E-state index contributed by atoms with van der Waals surface area (Å²) < 4.78 is 19.4. The third kappa shape index (κ3) is 3.45. The highest BCUT2D eigenvalue weighted by Gasteiger charge is 2.28. The second-order valence-electron chi connectivity index (χ2n) is 8.25. The van der Waals surface area contributed by atoms with Crippen molar-refractivity contribution >= 4 is 11.5 Å². The number of allylic oxidation sites excluding steroid dienone is 3. The molecule has 1 aromatic rings. The zero-order valence-corrected chi connectivity index (χ0v) is 17.5. The Morgan fingerprint density at radius 1 is 1.23 bits per heavy atom. The molecule has 6 heteroatoms. The molecule has 3 heterocycles. The number of aliphatic imine (C=N–C) groups is 1. The first-order chi connectivity index (χ1) is 14.6. The first-order valence-corrected chi connectivity index (χ1v) is 10.7. The van der Waals surface area contributed by atoms with Gasteiger partial charge >= 0.3 is 0 Å². The molecule has 30 heavy (non-hydrogen) atoms. The van der Waals surface area contributed by atoms with Gasteiger partial charge in [0.15, 0.2) is 11.6 Å². The molecule has 156 valence electrons. The van der Waals surface area contributed by atoms with E-state index in [1.807, 2.05) is 6.07 Å². The van der Waals surface area contributed by atoms with E-state index in [0.717, 1.165) is 49.6 Å². The number of rotatable bonds is 3. The van der Waals surface area contributed by atoms with Gasteiger partial charge in [-0.05, 0) is 68.2 Å². The average Bonchev–Trinajstić information content (AvgIpc) is 2.72. The van der Waals surface area contributed by atoms with E-state index in [0.29, 0.717) is 6.04 Å². The zero-order chi connectivity index (χ0) is 20.7. The van der Waals surface area contributed by atoms with Crippen molar-refractivity contribution in [1.29, 1.82) is 0 Å². The lowest BCUT2D eigenvalue weighted by atomic mass is 9.89. The summed E-state index contributed by atoms with van der Waals surface area (Å²) in [7, 11) is 1.48. The summed E-state index contributed by atoms with van der Waals surface area (Å²) in [5.41, 5.74) is 5.38. The second kappa shape index (κ2) is 7.76. The van der Waals surface area contributed by atoms with Gasteiger partial charge in [-0.3, -0.25) is 4.90 Å². The highest BCUT2D eigenvalue weighted by atomic mass is 19.1. The molecule has 1 saturated heterocycles. The lowest BCUT2D eigenvalue weighted by Crippen LogP contribution is -2.49. The van der Waals surface area contributed by atoms with Gasteiger partial charge in [-0.1, -0.05) is 0 Å². The molecular formula is C24H27FN4O. The van der Waals surface area contributed by atoms with Gasteiger partial charge < -0.3 is 15.0 Å². The number of nitrogens with zero attached hydrogens (tertiary/aromatic N) is 3. The van der Waals surface area contributed by atoms with Crippen molar-refractivity contribution in [2.75, 3.05) is 26.7 Å². The molecule has 1 atom stereocenters. The van der Waals surface area contributed by atoms with Crippen LogP contribution in [0.5, 0.6) is 5.75 Å². The molecule has 4 aliphatic rings. The van der Waals surface area contributed by atoms with Crippen LogP contribution in [0, 0.1) is 5.82 Å². The van der Waals surface area contributed by atoms with Crippen molar-refractivity contribution in [3.63, 3.8) is 0 Å².